The zero-order valence-corrected chi connectivity index (χ0v) is 12.4. The smallest absolute Gasteiger partial charge is 0.308 e. The minimum Gasteiger partial charge on any atom is -0.336 e. The number of halogens is 3. The fraction of sp³-hybridized carbons (Fsp3) is 0.462. The van der Waals surface area contributed by atoms with E-state index < -0.39 is 33.7 Å². The first-order valence-electron chi connectivity index (χ1n) is 6.30. The first-order valence-corrected chi connectivity index (χ1v) is 6.83. The third-order valence-corrected chi connectivity index (χ3v) is 3.13. The fourth-order valence-electron chi connectivity index (χ4n) is 1.84. The van der Waals surface area contributed by atoms with Crippen LogP contribution in [0.1, 0.15) is 30.6 Å². The summed E-state index contributed by atoms with van der Waals surface area (Å²) in [4.78, 5) is 23.2. The molecule has 8 heteroatoms. The standard InChI is InChI=1S/C13H15ClF2N2O3/c1-8(2)17(5-3-4-14)13(19)10-6-9(15)7-11(12(10)16)18(20)21/h6-8H,3-5H2,1-2H3. The molecule has 1 aromatic rings. The maximum atomic E-state index is 14.0. The second kappa shape index (κ2) is 7.31. The molecule has 1 aromatic carbocycles. The molecular formula is C13H15ClF2N2O3. The molecule has 0 aliphatic carbocycles. The van der Waals surface area contributed by atoms with E-state index in [0.29, 0.717) is 24.4 Å². The van der Waals surface area contributed by atoms with Crippen molar-refractivity contribution in [1.29, 1.82) is 0 Å². The highest BCUT2D eigenvalue weighted by molar-refractivity contribution is 6.17. The van der Waals surface area contributed by atoms with Gasteiger partial charge >= 0.3 is 5.69 Å². The van der Waals surface area contributed by atoms with Crippen molar-refractivity contribution in [2.24, 2.45) is 0 Å². The van der Waals surface area contributed by atoms with Crippen molar-refractivity contribution >= 4 is 23.2 Å². The van der Waals surface area contributed by atoms with Crippen molar-refractivity contribution in [2.75, 3.05) is 12.4 Å². The third kappa shape index (κ3) is 4.10. The molecule has 21 heavy (non-hydrogen) atoms. The van der Waals surface area contributed by atoms with Crippen LogP contribution in [-0.4, -0.2) is 34.2 Å². The molecule has 0 fully saturated rings. The molecule has 0 saturated heterocycles. The van der Waals surface area contributed by atoms with Crippen molar-refractivity contribution in [3.63, 3.8) is 0 Å². The average Bonchev–Trinajstić information content (AvgIpc) is 2.40. The van der Waals surface area contributed by atoms with Crippen molar-refractivity contribution < 1.29 is 18.5 Å². The van der Waals surface area contributed by atoms with Gasteiger partial charge in [-0.3, -0.25) is 14.9 Å². The highest BCUT2D eigenvalue weighted by Gasteiger charge is 2.28. The molecule has 0 radical (unpaired) electrons. The van der Waals surface area contributed by atoms with Crippen LogP contribution in [0.5, 0.6) is 0 Å². The quantitative estimate of drug-likeness (QED) is 0.458. The van der Waals surface area contributed by atoms with E-state index in [1.807, 2.05) is 0 Å². The predicted molar refractivity (Wildman–Crippen MR) is 74.5 cm³/mol. The van der Waals surface area contributed by atoms with Gasteiger partial charge in [0.25, 0.3) is 5.91 Å². The highest BCUT2D eigenvalue weighted by Crippen LogP contribution is 2.24. The van der Waals surface area contributed by atoms with E-state index >= 15 is 0 Å². The van der Waals surface area contributed by atoms with Gasteiger partial charge in [0, 0.05) is 18.5 Å². The van der Waals surface area contributed by atoms with Gasteiger partial charge in [0.15, 0.2) is 0 Å². The molecule has 0 aliphatic rings. The number of benzene rings is 1. The molecular weight excluding hydrogens is 306 g/mol. The summed E-state index contributed by atoms with van der Waals surface area (Å²) in [6.07, 6.45) is 0.477. The first-order chi connectivity index (χ1) is 9.79. The molecule has 0 heterocycles. The largest absolute Gasteiger partial charge is 0.336 e. The van der Waals surface area contributed by atoms with Gasteiger partial charge in [0.2, 0.25) is 5.82 Å². The topological polar surface area (TPSA) is 63.5 Å². The maximum Gasteiger partial charge on any atom is 0.308 e. The molecule has 1 amide bonds. The molecule has 5 nitrogen and oxygen atoms in total. The van der Waals surface area contributed by atoms with Crippen LogP contribution in [0.2, 0.25) is 0 Å². The highest BCUT2D eigenvalue weighted by atomic mass is 35.5. The molecule has 116 valence electrons. The van der Waals surface area contributed by atoms with Gasteiger partial charge in [0.1, 0.15) is 5.82 Å². The normalized spacial score (nSPS) is 10.8. The van der Waals surface area contributed by atoms with Gasteiger partial charge < -0.3 is 4.90 Å². The molecule has 0 aromatic heterocycles. The van der Waals surface area contributed by atoms with Gasteiger partial charge in [-0.2, -0.15) is 4.39 Å². The number of nitro benzene ring substituents is 1. The van der Waals surface area contributed by atoms with Crippen LogP contribution in [0.4, 0.5) is 14.5 Å². The number of hydrogen-bond acceptors (Lipinski definition) is 3. The lowest BCUT2D eigenvalue weighted by Crippen LogP contribution is -2.38. The minimum atomic E-state index is -1.33. The summed E-state index contributed by atoms with van der Waals surface area (Å²) >= 11 is 5.56. The average molecular weight is 321 g/mol. The molecule has 0 N–H and O–H groups in total. The lowest BCUT2D eigenvalue weighted by Gasteiger charge is -2.26. The lowest BCUT2D eigenvalue weighted by molar-refractivity contribution is -0.387. The summed E-state index contributed by atoms with van der Waals surface area (Å²) in [5.41, 5.74) is -1.70. The van der Waals surface area contributed by atoms with Crippen LogP contribution in [0, 0.1) is 21.7 Å². The Morgan fingerprint density at radius 3 is 2.52 bits per heavy atom. The Labute approximate surface area is 125 Å². The van der Waals surface area contributed by atoms with E-state index in [1.165, 1.54) is 4.90 Å². The molecule has 0 aliphatic heterocycles. The van der Waals surface area contributed by atoms with Crippen molar-refractivity contribution in [3.8, 4) is 0 Å². The second-order valence-corrected chi connectivity index (χ2v) is 5.06. The first kappa shape index (κ1) is 17.3. The summed E-state index contributed by atoms with van der Waals surface area (Å²) in [6, 6.07) is 0.841. The Morgan fingerprint density at radius 1 is 1.43 bits per heavy atom. The number of carbonyl (C=O) groups excluding carboxylic acids is 1. The number of carbonyl (C=O) groups is 1. The van der Waals surface area contributed by atoms with E-state index in [-0.39, 0.29) is 12.6 Å². The van der Waals surface area contributed by atoms with Crippen LogP contribution in [0.25, 0.3) is 0 Å². The van der Waals surface area contributed by atoms with Gasteiger partial charge in [-0.15, -0.1) is 11.6 Å². The van der Waals surface area contributed by atoms with E-state index in [1.54, 1.807) is 13.8 Å². The molecule has 0 bridgehead atoms. The van der Waals surface area contributed by atoms with Crippen molar-refractivity contribution in [2.45, 2.75) is 26.3 Å². The van der Waals surface area contributed by atoms with E-state index in [0.717, 1.165) is 0 Å². The van der Waals surface area contributed by atoms with Crippen LogP contribution in [0.15, 0.2) is 12.1 Å². The summed E-state index contributed by atoms with van der Waals surface area (Å²) < 4.78 is 27.4. The molecule has 0 spiro atoms. The minimum absolute atomic E-state index is 0.254. The van der Waals surface area contributed by atoms with E-state index in [4.69, 9.17) is 11.6 Å². The number of nitrogens with zero attached hydrogens (tertiary/aromatic N) is 2. The SMILES string of the molecule is CC(C)N(CCCCl)C(=O)c1cc(F)cc([N+](=O)[O-])c1F. The fourth-order valence-corrected chi connectivity index (χ4v) is 1.96. The number of nitro groups is 1. The number of hydrogen-bond donors (Lipinski definition) is 0. The Hall–Kier alpha value is -1.76. The van der Waals surface area contributed by atoms with E-state index in [2.05, 4.69) is 0 Å². The summed E-state index contributed by atoms with van der Waals surface area (Å²) in [5.74, 6) is -2.85. The number of alkyl halides is 1. The Morgan fingerprint density at radius 2 is 2.05 bits per heavy atom. The summed E-state index contributed by atoms with van der Waals surface area (Å²) in [5, 5.41) is 10.7. The molecule has 0 unspecified atom stereocenters. The Kier molecular flexibility index (Phi) is 6.02. The number of rotatable bonds is 6. The predicted octanol–water partition coefficient (Wildman–Crippen LogP) is 3.35. The Bertz CT molecular complexity index is 552. The van der Waals surface area contributed by atoms with Crippen LogP contribution >= 0.6 is 11.6 Å². The lowest BCUT2D eigenvalue weighted by atomic mass is 10.1. The summed E-state index contributed by atoms with van der Waals surface area (Å²) in [7, 11) is 0. The van der Waals surface area contributed by atoms with Crippen molar-refractivity contribution in [1.82, 2.24) is 4.90 Å². The van der Waals surface area contributed by atoms with Gasteiger partial charge in [-0.1, -0.05) is 0 Å². The van der Waals surface area contributed by atoms with Gasteiger partial charge in [0.05, 0.1) is 16.6 Å². The van der Waals surface area contributed by atoms with Gasteiger partial charge in [-0.25, -0.2) is 4.39 Å². The number of amides is 1. The van der Waals surface area contributed by atoms with Crippen LogP contribution in [-0.2, 0) is 0 Å². The zero-order chi connectivity index (χ0) is 16.2. The maximum absolute atomic E-state index is 14.0. The van der Waals surface area contributed by atoms with Crippen LogP contribution in [0.3, 0.4) is 0 Å². The van der Waals surface area contributed by atoms with Crippen LogP contribution < -0.4 is 0 Å². The Balaban J connectivity index is 3.24. The van der Waals surface area contributed by atoms with Gasteiger partial charge in [-0.05, 0) is 26.3 Å². The zero-order valence-electron chi connectivity index (χ0n) is 11.6. The van der Waals surface area contributed by atoms with E-state index in [9.17, 15) is 23.7 Å². The monoisotopic (exact) mass is 320 g/mol. The molecule has 1 rings (SSSR count). The second-order valence-electron chi connectivity index (χ2n) is 4.68. The molecule has 0 atom stereocenters. The molecule has 0 saturated carbocycles. The van der Waals surface area contributed by atoms with Crippen molar-refractivity contribution in [3.05, 3.63) is 39.4 Å². The third-order valence-electron chi connectivity index (χ3n) is 2.86. The summed E-state index contributed by atoms with van der Waals surface area (Å²) in [6.45, 7) is 3.67.